The summed E-state index contributed by atoms with van der Waals surface area (Å²) in [7, 11) is -1.24. The van der Waals surface area contributed by atoms with Crippen molar-refractivity contribution in [3.05, 3.63) is 77.9 Å². The van der Waals surface area contributed by atoms with E-state index in [0.717, 1.165) is 34.2 Å². The molecule has 0 saturated carbocycles. The lowest BCUT2D eigenvalue weighted by Crippen LogP contribution is -2.39. The summed E-state index contributed by atoms with van der Waals surface area (Å²) in [4.78, 5) is 15.2. The second kappa shape index (κ2) is 13.0. The van der Waals surface area contributed by atoms with Crippen molar-refractivity contribution >= 4 is 33.5 Å². The lowest BCUT2D eigenvalue weighted by molar-refractivity contribution is -0.119. The minimum absolute atomic E-state index is 0.0394. The van der Waals surface area contributed by atoms with Crippen molar-refractivity contribution < 1.29 is 22.7 Å². The average Bonchev–Trinajstić information content (AvgIpc) is 2.93. The highest BCUT2D eigenvalue weighted by Crippen LogP contribution is 2.35. The summed E-state index contributed by atoms with van der Waals surface area (Å²) < 4.78 is 39.1. The van der Waals surface area contributed by atoms with E-state index in [1.54, 1.807) is 24.3 Å². The molecule has 202 valence electrons. The Morgan fingerprint density at radius 2 is 1.61 bits per heavy atom. The van der Waals surface area contributed by atoms with Gasteiger partial charge in [-0.1, -0.05) is 29.8 Å². The Morgan fingerprint density at radius 1 is 0.947 bits per heavy atom. The first kappa shape index (κ1) is 28.5. The number of anilines is 2. The number of ether oxygens (including phenoxy) is 2. The zero-order valence-electron chi connectivity index (χ0n) is 22.3. The van der Waals surface area contributed by atoms with Crippen LogP contribution in [0.3, 0.4) is 0 Å². The maximum atomic E-state index is 13.7. The summed E-state index contributed by atoms with van der Waals surface area (Å²) in [5.74, 6) is 0.0594. The number of sulfonamides is 1. The van der Waals surface area contributed by atoms with Crippen molar-refractivity contribution in [2.75, 3.05) is 43.1 Å². The van der Waals surface area contributed by atoms with Crippen LogP contribution < -0.4 is 24.1 Å². The van der Waals surface area contributed by atoms with Crippen LogP contribution in [0.15, 0.2) is 76.7 Å². The zero-order chi connectivity index (χ0) is 27.7. The highest BCUT2D eigenvalue weighted by Gasteiger charge is 2.30. The van der Waals surface area contributed by atoms with Crippen molar-refractivity contribution in [1.82, 2.24) is 5.43 Å². The first-order chi connectivity index (χ1) is 18.2. The van der Waals surface area contributed by atoms with Crippen LogP contribution >= 0.6 is 0 Å². The van der Waals surface area contributed by atoms with Gasteiger partial charge < -0.3 is 14.4 Å². The van der Waals surface area contributed by atoms with Gasteiger partial charge in [-0.15, -0.1) is 0 Å². The van der Waals surface area contributed by atoms with E-state index < -0.39 is 22.5 Å². The molecule has 0 aromatic heterocycles. The van der Waals surface area contributed by atoms with Gasteiger partial charge in [-0.2, -0.15) is 5.10 Å². The number of rotatable bonds is 12. The van der Waals surface area contributed by atoms with Gasteiger partial charge in [0.05, 0.1) is 31.0 Å². The van der Waals surface area contributed by atoms with Gasteiger partial charge in [-0.25, -0.2) is 13.8 Å². The number of hydrogen-bond donors (Lipinski definition) is 1. The second-order valence-electron chi connectivity index (χ2n) is 8.42. The minimum Gasteiger partial charge on any atom is -0.497 e. The zero-order valence-corrected chi connectivity index (χ0v) is 23.2. The summed E-state index contributed by atoms with van der Waals surface area (Å²) in [6.45, 7) is 7.33. The van der Waals surface area contributed by atoms with Crippen molar-refractivity contribution in [1.29, 1.82) is 0 Å². The number of benzene rings is 3. The molecule has 0 aliphatic carbocycles. The monoisotopic (exact) mass is 538 g/mol. The Balaban J connectivity index is 1.86. The highest BCUT2D eigenvalue weighted by atomic mass is 32.2. The fourth-order valence-corrected chi connectivity index (χ4v) is 5.26. The van der Waals surface area contributed by atoms with Gasteiger partial charge in [0.2, 0.25) is 0 Å². The van der Waals surface area contributed by atoms with Crippen LogP contribution in [0.4, 0.5) is 11.4 Å². The molecule has 38 heavy (non-hydrogen) atoms. The number of nitrogens with zero attached hydrogens (tertiary/aromatic N) is 3. The fraction of sp³-hybridized carbons (Fsp3) is 0.286. The van der Waals surface area contributed by atoms with E-state index in [0.29, 0.717) is 5.75 Å². The van der Waals surface area contributed by atoms with Crippen LogP contribution in [0.25, 0.3) is 0 Å². The van der Waals surface area contributed by atoms with Gasteiger partial charge in [0.15, 0.2) is 0 Å². The molecule has 0 aliphatic heterocycles. The van der Waals surface area contributed by atoms with E-state index in [1.807, 2.05) is 31.2 Å². The normalized spacial score (nSPS) is 11.3. The minimum atomic E-state index is -4.14. The molecule has 0 radical (unpaired) electrons. The molecule has 0 unspecified atom stereocenters. The van der Waals surface area contributed by atoms with E-state index in [9.17, 15) is 13.2 Å². The summed E-state index contributed by atoms with van der Waals surface area (Å²) in [5.41, 5.74) is 5.40. The molecule has 0 atom stereocenters. The van der Waals surface area contributed by atoms with Gasteiger partial charge in [0, 0.05) is 24.8 Å². The van der Waals surface area contributed by atoms with Crippen LogP contribution in [0.5, 0.6) is 11.5 Å². The summed E-state index contributed by atoms with van der Waals surface area (Å²) in [6, 6.07) is 18.9. The molecule has 0 saturated heterocycles. The number of carbonyl (C=O) groups excluding carboxylic acids is 1. The molecule has 0 aliphatic rings. The Hall–Kier alpha value is -4.05. The molecule has 3 rings (SSSR count). The molecule has 0 heterocycles. The predicted molar refractivity (Wildman–Crippen MR) is 151 cm³/mol. The fourth-order valence-electron chi connectivity index (χ4n) is 3.83. The molecule has 1 N–H and O–H groups in total. The van der Waals surface area contributed by atoms with Crippen LogP contribution in [0.1, 0.15) is 25.0 Å². The van der Waals surface area contributed by atoms with Crippen LogP contribution in [-0.4, -0.2) is 54.4 Å². The third kappa shape index (κ3) is 6.83. The summed E-state index contributed by atoms with van der Waals surface area (Å²) in [5, 5.41) is 4.03. The Kier molecular flexibility index (Phi) is 9.72. The first-order valence-electron chi connectivity index (χ1n) is 12.2. The Bertz CT molecular complexity index is 1350. The van der Waals surface area contributed by atoms with E-state index >= 15 is 0 Å². The van der Waals surface area contributed by atoms with E-state index in [2.05, 4.69) is 29.3 Å². The number of amides is 1. The second-order valence-corrected chi connectivity index (χ2v) is 10.3. The third-order valence-corrected chi connectivity index (χ3v) is 7.75. The van der Waals surface area contributed by atoms with Crippen LogP contribution in [-0.2, 0) is 14.8 Å². The molecule has 1 amide bonds. The number of aryl methyl sites for hydroxylation is 1. The Morgan fingerprint density at radius 3 is 2.18 bits per heavy atom. The van der Waals surface area contributed by atoms with Gasteiger partial charge in [0.1, 0.15) is 18.0 Å². The van der Waals surface area contributed by atoms with Crippen LogP contribution in [0, 0.1) is 6.92 Å². The lowest BCUT2D eigenvalue weighted by Gasteiger charge is -2.25. The SMILES string of the molecule is CCN(CC)c1ccc(/C=N\NC(=O)CN(c2cc(OC)ccc2OC)S(=O)(=O)c2ccc(C)cc2)cc1. The number of hydrazone groups is 1. The van der Waals surface area contributed by atoms with Gasteiger partial charge in [-0.3, -0.25) is 9.10 Å². The van der Waals surface area contributed by atoms with Crippen molar-refractivity contribution in [3.8, 4) is 11.5 Å². The number of hydrogen-bond acceptors (Lipinski definition) is 7. The largest absolute Gasteiger partial charge is 0.497 e. The molecular weight excluding hydrogens is 504 g/mol. The molecule has 3 aromatic rings. The third-order valence-electron chi connectivity index (χ3n) is 5.98. The summed E-state index contributed by atoms with van der Waals surface area (Å²) >= 11 is 0. The van der Waals surface area contributed by atoms with Gasteiger partial charge in [0.25, 0.3) is 15.9 Å². The maximum Gasteiger partial charge on any atom is 0.264 e. The van der Waals surface area contributed by atoms with Gasteiger partial charge in [-0.05, 0) is 62.7 Å². The molecule has 0 fully saturated rings. The molecule has 10 heteroatoms. The maximum absolute atomic E-state index is 13.7. The molecule has 0 spiro atoms. The molecular formula is C28H34N4O5S. The number of carbonyl (C=O) groups is 1. The van der Waals surface area contributed by atoms with Gasteiger partial charge >= 0.3 is 0 Å². The molecule has 0 bridgehead atoms. The quantitative estimate of drug-likeness (QED) is 0.274. The average molecular weight is 539 g/mol. The highest BCUT2D eigenvalue weighted by molar-refractivity contribution is 7.92. The number of nitrogens with one attached hydrogen (secondary N) is 1. The molecule has 3 aromatic carbocycles. The Labute approximate surface area is 224 Å². The molecule has 9 nitrogen and oxygen atoms in total. The lowest BCUT2D eigenvalue weighted by atomic mass is 10.2. The predicted octanol–water partition coefficient (Wildman–Crippen LogP) is 4.20. The number of methoxy groups -OCH3 is 2. The van der Waals surface area contributed by atoms with E-state index in [-0.39, 0.29) is 16.3 Å². The van der Waals surface area contributed by atoms with E-state index in [1.165, 1.54) is 38.6 Å². The van der Waals surface area contributed by atoms with Crippen molar-refractivity contribution in [2.45, 2.75) is 25.7 Å². The standard InChI is InChI=1S/C28H34N4O5S/c1-6-31(7-2)23-12-10-22(11-13-23)19-29-30-28(33)20-32(26-18-24(36-4)14-17-27(26)37-5)38(34,35)25-15-8-21(3)9-16-25/h8-19H,6-7,20H2,1-5H3,(H,30,33)/b29-19-. The van der Waals surface area contributed by atoms with Crippen molar-refractivity contribution in [2.24, 2.45) is 5.10 Å². The topological polar surface area (TPSA) is 101 Å². The van der Waals surface area contributed by atoms with Crippen LogP contribution in [0.2, 0.25) is 0 Å². The van der Waals surface area contributed by atoms with E-state index in [4.69, 9.17) is 9.47 Å². The summed E-state index contributed by atoms with van der Waals surface area (Å²) in [6.07, 6.45) is 1.51. The van der Waals surface area contributed by atoms with Crippen molar-refractivity contribution in [3.63, 3.8) is 0 Å². The smallest absolute Gasteiger partial charge is 0.264 e. The first-order valence-corrected chi connectivity index (χ1v) is 13.7.